The van der Waals surface area contributed by atoms with Crippen molar-refractivity contribution in [2.75, 3.05) is 80.2 Å². The van der Waals surface area contributed by atoms with E-state index in [1.54, 1.807) is 0 Å². The summed E-state index contributed by atoms with van der Waals surface area (Å²) in [6.45, 7) is 21.7. The quantitative estimate of drug-likeness (QED) is 0.0398. The minimum absolute atomic E-state index is 0.102. The molecular formula is C47H94ClN3O6. The number of hydrogen-bond acceptors (Lipinski definition) is 9. The number of ether oxygens (including phenoxy) is 2. The van der Waals surface area contributed by atoms with Gasteiger partial charge in [0.05, 0.1) is 6.61 Å². The number of rotatable bonds is 30. The molecule has 0 aromatic carbocycles. The zero-order chi connectivity index (χ0) is 43.3. The lowest BCUT2D eigenvalue weighted by Gasteiger charge is -2.28. The van der Waals surface area contributed by atoms with Crippen LogP contribution in [0.2, 0.25) is 0 Å². The van der Waals surface area contributed by atoms with Crippen molar-refractivity contribution < 1.29 is 28.7 Å². The smallest absolute Gasteiger partial charge is 0.293 e. The lowest BCUT2D eigenvalue weighted by Crippen LogP contribution is -2.42. The van der Waals surface area contributed by atoms with E-state index in [1.807, 2.05) is 21.0 Å². The number of unbranched alkanes of at least 4 members (excludes halogenated alkanes) is 11. The molecule has 0 bridgehead atoms. The number of likely N-dealkylation sites (tertiary alicyclic amines) is 1. The average Bonchev–Trinajstić information content (AvgIpc) is 3.73. The summed E-state index contributed by atoms with van der Waals surface area (Å²) < 4.78 is 9.68. The Labute approximate surface area is 358 Å². The predicted octanol–water partition coefficient (Wildman–Crippen LogP) is 11.2. The van der Waals surface area contributed by atoms with E-state index in [-0.39, 0.29) is 18.3 Å². The first-order valence-corrected chi connectivity index (χ1v) is 23.6. The fraction of sp³-hybridized carbons (Fsp3) is 0.915. The van der Waals surface area contributed by atoms with Gasteiger partial charge in [-0.15, -0.1) is 0 Å². The molecule has 340 valence electrons. The van der Waals surface area contributed by atoms with Gasteiger partial charge in [0.25, 0.3) is 6.47 Å². The third-order valence-electron chi connectivity index (χ3n) is 10.6. The maximum absolute atomic E-state index is 10.7. The summed E-state index contributed by atoms with van der Waals surface area (Å²) in [5.41, 5.74) is -0.102. The molecule has 9 nitrogen and oxygen atoms in total. The number of carbonyl (C=O) groups excluding carboxylic acids is 4. The average molecular weight is 833 g/mol. The van der Waals surface area contributed by atoms with E-state index >= 15 is 0 Å². The molecule has 2 rings (SSSR count). The van der Waals surface area contributed by atoms with Gasteiger partial charge in [-0.1, -0.05) is 131 Å². The minimum atomic E-state index is -0.452. The molecule has 0 atom stereocenters. The highest BCUT2D eigenvalue weighted by Crippen LogP contribution is 2.23. The van der Waals surface area contributed by atoms with Crippen molar-refractivity contribution in [2.24, 2.45) is 11.3 Å². The summed E-state index contributed by atoms with van der Waals surface area (Å²) in [6, 6.07) is 0. The Bertz CT molecular complexity index is 817. The molecule has 0 aromatic heterocycles. The Balaban J connectivity index is -0.000000665. The van der Waals surface area contributed by atoms with Crippen molar-refractivity contribution >= 4 is 35.9 Å². The Morgan fingerprint density at radius 3 is 1.61 bits per heavy atom. The Kier molecular flexibility index (Phi) is 49.7. The van der Waals surface area contributed by atoms with Crippen LogP contribution in [-0.4, -0.2) is 119 Å². The predicted molar refractivity (Wildman–Crippen MR) is 243 cm³/mol. The fourth-order valence-electron chi connectivity index (χ4n) is 6.57. The van der Waals surface area contributed by atoms with Crippen LogP contribution in [0.1, 0.15) is 189 Å². The summed E-state index contributed by atoms with van der Waals surface area (Å²) in [4.78, 5) is 47.0. The number of halogens is 1. The third-order valence-corrected chi connectivity index (χ3v) is 10.8. The lowest BCUT2D eigenvalue weighted by atomic mass is 9.89. The van der Waals surface area contributed by atoms with E-state index in [0.29, 0.717) is 19.4 Å². The molecule has 0 amide bonds. The van der Waals surface area contributed by atoms with Crippen molar-refractivity contribution in [3.63, 3.8) is 0 Å². The number of hydrogen-bond donors (Lipinski definition) is 0. The molecule has 57 heavy (non-hydrogen) atoms. The van der Waals surface area contributed by atoms with Crippen LogP contribution >= 0.6 is 11.6 Å². The molecule has 0 aromatic rings. The summed E-state index contributed by atoms with van der Waals surface area (Å²) in [7, 11) is 6.16. The van der Waals surface area contributed by atoms with Gasteiger partial charge in [-0.05, 0) is 96.2 Å². The zero-order valence-electron chi connectivity index (χ0n) is 38.8. The van der Waals surface area contributed by atoms with Crippen molar-refractivity contribution in [1.82, 2.24) is 14.7 Å². The van der Waals surface area contributed by atoms with E-state index in [2.05, 4.69) is 54.3 Å². The first-order valence-electron chi connectivity index (χ1n) is 23.2. The van der Waals surface area contributed by atoms with E-state index < -0.39 is 5.24 Å². The van der Waals surface area contributed by atoms with Gasteiger partial charge >= 0.3 is 0 Å². The van der Waals surface area contributed by atoms with E-state index in [1.165, 1.54) is 174 Å². The van der Waals surface area contributed by atoms with E-state index in [4.69, 9.17) is 16.3 Å². The Morgan fingerprint density at radius 1 is 0.667 bits per heavy atom. The standard InChI is InChI=1S/C15H32O.C14H27NO.C8H16O2.C6H14N2.C4H5ClO2/c1-4-6-8-11-15(12-9-7-5-2)13-10-14-16-3;1-14(2,13-16)9-5-3-4-6-10-15-11-7-8-12-15;1-2-3-4-5-6-7-10-8-9;1-7-3-5-8(2)6-4-7;5-4(7)2-1-3-6/h15H,4-14H2,1-3H3;13H,3-12H2,1-2H3;8H,2-7H2,1H3;3-6H2,1-2H3;3H,1-2H2. The maximum atomic E-state index is 10.7. The Morgan fingerprint density at radius 2 is 1.16 bits per heavy atom. The molecule has 0 N–H and O–H groups in total. The maximum Gasteiger partial charge on any atom is 0.293 e. The molecule has 0 radical (unpaired) electrons. The highest BCUT2D eigenvalue weighted by molar-refractivity contribution is 6.63. The van der Waals surface area contributed by atoms with Crippen LogP contribution in [0, 0.1) is 11.3 Å². The molecule has 0 saturated carbocycles. The lowest BCUT2D eigenvalue weighted by molar-refractivity contribution is -0.128. The molecule has 0 spiro atoms. The second-order valence-corrected chi connectivity index (χ2v) is 17.3. The number of carbonyl (C=O) groups is 4. The Hall–Kier alpha value is -1.39. The van der Waals surface area contributed by atoms with Gasteiger partial charge in [0.1, 0.15) is 12.6 Å². The second kappa shape index (κ2) is 47.3. The normalized spacial score (nSPS) is 14.5. The fourth-order valence-corrected chi connectivity index (χ4v) is 6.68. The monoisotopic (exact) mass is 832 g/mol. The number of aldehydes is 2. The molecule has 0 unspecified atom stereocenters. The molecule has 2 aliphatic heterocycles. The van der Waals surface area contributed by atoms with Crippen LogP contribution in [0.4, 0.5) is 0 Å². The summed E-state index contributed by atoms with van der Waals surface area (Å²) in [5.74, 6) is 0.966. The first-order chi connectivity index (χ1) is 27.5. The van der Waals surface area contributed by atoms with E-state index in [9.17, 15) is 19.2 Å². The zero-order valence-corrected chi connectivity index (χ0v) is 39.6. The number of piperazine rings is 1. The topological polar surface area (TPSA) is 96.5 Å². The third kappa shape index (κ3) is 50.7. The van der Waals surface area contributed by atoms with Crippen molar-refractivity contribution in [3.8, 4) is 0 Å². The van der Waals surface area contributed by atoms with Gasteiger partial charge in [-0.2, -0.15) is 0 Å². The van der Waals surface area contributed by atoms with Gasteiger partial charge in [-0.3, -0.25) is 9.59 Å². The first kappa shape index (κ1) is 59.9. The van der Waals surface area contributed by atoms with Gasteiger partial charge < -0.3 is 33.8 Å². The minimum Gasteiger partial charge on any atom is -0.468 e. The van der Waals surface area contributed by atoms with Crippen LogP contribution in [0.25, 0.3) is 0 Å². The molecule has 2 heterocycles. The molecular weight excluding hydrogens is 738 g/mol. The number of methoxy groups -OCH3 is 1. The molecule has 2 fully saturated rings. The number of likely N-dealkylation sites (N-methyl/N-ethyl adjacent to an activating group) is 2. The highest BCUT2D eigenvalue weighted by atomic mass is 35.5. The van der Waals surface area contributed by atoms with Gasteiger partial charge in [-0.25, -0.2) is 0 Å². The molecule has 10 heteroatoms. The van der Waals surface area contributed by atoms with Gasteiger partial charge in [0.15, 0.2) is 0 Å². The van der Waals surface area contributed by atoms with Crippen molar-refractivity contribution in [2.45, 2.75) is 189 Å². The highest BCUT2D eigenvalue weighted by Gasteiger charge is 2.15. The van der Waals surface area contributed by atoms with Gasteiger partial charge in [0.2, 0.25) is 5.24 Å². The van der Waals surface area contributed by atoms with Crippen LogP contribution in [0.15, 0.2) is 0 Å². The van der Waals surface area contributed by atoms with Crippen LogP contribution in [0.5, 0.6) is 0 Å². The summed E-state index contributed by atoms with van der Waals surface area (Å²) >= 11 is 4.86. The molecule has 2 aliphatic rings. The van der Waals surface area contributed by atoms with Gasteiger partial charge in [0, 0.05) is 58.2 Å². The second-order valence-electron chi connectivity index (χ2n) is 16.9. The summed E-state index contributed by atoms with van der Waals surface area (Å²) in [5, 5.41) is -0.452. The van der Waals surface area contributed by atoms with Crippen LogP contribution < -0.4 is 0 Å². The molecule has 0 aliphatic carbocycles. The van der Waals surface area contributed by atoms with E-state index in [0.717, 1.165) is 31.7 Å². The van der Waals surface area contributed by atoms with Crippen LogP contribution in [0.3, 0.4) is 0 Å². The molecule has 2 saturated heterocycles. The summed E-state index contributed by atoms with van der Waals surface area (Å²) in [6.07, 6.45) is 31.0. The largest absolute Gasteiger partial charge is 0.468 e. The number of nitrogens with zero attached hydrogens (tertiary/aromatic N) is 3. The van der Waals surface area contributed by atoms with Crippen molar-refractivity contribution in [3.05, 3.63) is 0 Å². The van der Waals surface area contributed by atoms with Crippen molar-refractivity contribution in [1.29, 1.82) is 0 Å². The van der Waals surface area contributed by atoms with Crippen LogP contribution in [-0.2, 0) is 28.7 Å². The SMILES string of the molecule is CC(C)(C=O)CCCCCCN1CCCC1.CCCCCC(CCCCC)CCCOC.CCCCCCCOC=O.CN1CCN(C)CC1.O=CCCC(=O)Cl.